The van der Waals surface area contributed by atoms with Gasteiger partial charge in [-0.05, 0) is 19.3 Å². The van der Waals surface area contributed by atoms with Crippen molar-refractivity contribution >= 4 is 18.6 Å². The van der Waals surface area contributed by atoms with E-state index in [0.717, 1.165) is 19.3 Å². The molecule has 1 aliphatic rings. The number of esters is 1. The molecule has 1 fully saturated rings. The molecule has 11 heavy (non-hydrogen) atoms. The lowest BCUT2D eigenvalue weighted by atomic mass is 10.3. The molecule has 0 saturated heterocycles. The third kappa shape index (κ3) is 2.58. The zero-order valence-corrected chi connectivity index (χ0v) is 7.22. The second-order valence-corrected chi connectivity index (χ2v) is 3.46. The Morgan fingerprint density at radius 3 is 2.82 bits per heavy atom. The van der Waals surface area contributed by atoms with E-state index in [9.17, 15) is 4.79 Å². The van der Waals surface area contributed by atoms with Gasteiger partial charge in [0.25, 0.3) is 0 Å². The molecule has 1 saturated carbocycles. The predicted molar refractivity (Wildman–Crippen MR) is 46.7 cm³/mol. The first-order chi connectivity index (χ1) is 5.22. The van der Waals surface area contributed by atoms with Crippen LogP contribution in [0.25, 0.3) is 0 Å². The molecule has 0 heterocycles. The van der Waals surface area contributed by atoms with Gasteiger partial charge in [-0.2, -0.15) is 12.6 Å². The van der Waals surface area contributed by atoms with Gasteiger partial charge in [0, 0.05) is 11.3 Å². The number of thiol groups is 1. The summed E-state index contributed by atoms with van der Waals surface area (Å²) in [6.45, 7) is 3.33. The van der Waals surface area contributed by atoms with E-state index < -0.39 is 0 Å². The van der Waals surface area contributed by atoms with Crippen molar-refractivity contribution < 1.29 is 9.53 Å². The van der Waals surface area contributed by atoms with E-state index >= 15 is 0 Å². The van der Waals surface area contributed by atoms with E-state index in [1.807, 2.05) is 0 Å². The van der Waals surface area contributed by atoms with E-state index in [1.165, 1.54) is 6.08 Å². The van der Waals surface area contributed by atoms with E-state index in [-0.39, 0.29) is 12.1 Å². The lowest BCUT2D eigenvalue weighted by Crippen LogP contribution is -2.13. The fourth-order valence-electron chi connectivity index (χ4n) is 1.24. The number of carbonyl (C=O) groups excluding carboxylic acids is 1. The molecule has 0 aromatic heterocycles. The Labute approximate surface area is 72.0 Å². The minimum atomic E-state index is -0.322. The van der Waals surface area contributed by atoms with Crippen LogP contribution in [0.2, 0.25) is 0 Å². The van der Waals surface area contributed by atoms with Crippen LogP contribution in [0.15, 0.2) is 12.7 Å². The molecule has 1 aliphatic carbocycles. The van der Waals surface area contributed by atoms with Crippen LogP contribution in [-0.2, 0) is 9.53 Å². The van der Waals surface area contributed by atoms with Crippen molar-refractivity contribution in [2.75, 3.05) is 0 Å². The van der Waals surface area contributed by atoms with Crippen LogP contribution in [0.5, 0.6) is 0 Å². The maximum absolute atomic E-state index is 10.7. The highest BCUT2D eigenvalue weighted by atomic mass is 32.1. The Balaban J connectivity index is 2.28. The minimum Gasteiger partial charge on any atom is -0.459 e. The van der Waals surface area contributed by atoms with Gasteiger partial charge in [0.2, 0.25) is 0 Å². The molecule has 0 amide bonds. The van der Waals surface area contributed by atoms with Crippen LogP contribution in [0, 0.1) is 0 Å². The van der Waals surface area contributed by atoms with Crippen LogP contribution in [0.3, 0.4) is 0 Å². The molecule has 0 spiro atoms. The van der Waals surface area contributed by atoms with Gasteiger partial charge >= 0.3 is 5.97 Å². The van der Waals surface area contributed by atoms with E-state index in [0.29, 0.717) is 5.25 Å². The second-order valence-electron chi connectivity index (χ2n) is 2.73. The van der Waals surface area contributed by atoms with Gasteiger partial charge in [-0.25, -0.2) is 4.79 Å². The summed E-state index contributed by atoms with van der Waals surface area (Å²) in [4.78, 5) is 10.7. The summed E-state index contributed by atoms with van der Waals surface area (Å²) < 4.78 is 5.03. The smallest absolute Gasteiger partial charge is 0.330 e. The molecule has 3 heteroatoms. The van der Waals surface area contributed by atoms with Gasteiger partial charge in [-0.1, -0.05) is 6.58 Å². The normalized spacial score (nSPS) is 29.9. The summed E-state index contributed by atoms with van der Waals surface area (Å²) in [5.74, 6) is -0.322. The van der Waals surface area contributed by atoms with Crippen LogP contribution < -0.4 is 0 Å². The molecule has 0 N–H and O–H groups in total. The Bertz CT molecular complexity index is 167. The average molecular weight is 172 g/mol. The third-order valence-corrected chi connectivity index (χ3v) is 2.28. The Morgan fingerprint density at radius 1 is 1.64 bits per heavy atom. The molecule has 2 atom stereocenters. The molecule has 0 radical (unpaired) electrons. The van der Waals surface area contributed by atoms with Gasteiger partial charge in [0.15, 0.2) is 0 Å². The Hall–Kier alpha value is -0.440. The average Bonchev–Trinajstić information content (AvgIpc) is 2.35. The van der Waals surface area contributed by atoms with Crippen molar-refractivity contribution in [1.82, 2.24) is 0 Å². The maximum atomic E-state index is 10.7. The number of hydrogen-bond donors (Lipinski definition) is 1. The van der Waals surface area contributed by atoms with Gasteiger partial charge < -0.3 is 4.74 Å². The van der Waals surface area contributed by atoms with Crippen LogP contribution >= 0.6 is 12.6 Å². The lowest BCUT2D eigenvalue weighted by Gasteiger charge is -2.08. The predicted octanol–water partition coefficient (Wildman–Crippen LogP) is 1.57. The molecule has 62 valence electrons. The highest BCUT2D eigenvalue weighted by Crippen LogP contribution is 2.25. The van der Waals surface area contributed by atoms with E-state index in [2.05, 4.69) is 19.2 Å². The maximum Gasteiger partial charge on any atom is 0.330 e. The molecule has 0 aromatic carbocycles. The summed E-state index contributed by atoms with van der Waals surface area (Å²) in [6, 6.07) is 0. The van der Waals surface area contributed by atoms with Crippen LogP contribution in [-0.4, -0.2) is 17.3 Å². The van der Waals surface area contributed by atoms with Gasteiger partial charge in [0.1, 0.15) is 6.10 Å². The Morgan fingerprint density at radius 2 is 2.36 bits per heavy atom. The quantitative estimate of drug-likeness (QED) is 0.389. The molecule has 1 rings (SSSR count). The number of rotatable bonds is 2. The zero-order valence-electron chi connectivity index (χ0n) is 6.32. The number of ether oxygens (including phenoxy) is 1. The highest BCUT2D eigenvalue weighted by molar-refractivity contribution is 7.80. The third-order valence-electron chi connectivity index (χ3n) is 1.81. The van der Waals surface area contributed by atoms with Crippen molar-refractivity contribution in [3.8, 4) is 0 Å². The first kappa shape index (κ1) is 8.65. The van der Waals surface area contributed by atoms with Crippen LogP contribution in [0.4, 0.5) is 0 Å². The molecular formula is C8H12O2S. The summed E-state index contributed by atoms with van der Waals surface area (Å²) in [6.07, 6.45) is 4.13. The standard InChI is InChI=1S/C8H12O2S/c1-2-8(9)10-6-3-4-7(11)5-6/h2,6-7,11H,1,3-5H2. The van der Waals surface area contributed by atoms with E-state index in [1.54, 1.807) is 0 Å². The van der Waals surface area contributed by atoms with Crippen LogP contribution in [0.1, 0.15) is 19.3 Å². The summed E-state index contributed by atoms with van der Waals surface area (Å²) in [7, 11) is 0. The van der Waals surface area contributed by atoms with Crippen molar-refractivity contribution in [2.24, 2.45) is 0 Å². The summed E-state index contributed by atoms with van der Waals surface area (Å²) in [5.41, 5.74) is 0. The fourth-order valence-corrected chi connectivity index (χ4v) is 1.62. The molecule has 2 nitrogen and oxygen atoms in total. The monoisotopic (exact) mass is 172 g/mol. The topological polar surface area (TPSA) is 26.3 Å². The first-order valence-electron chi connectivity index (χ1n) is 3.73. The minimum absolute atomic E-state index is 0.0722. The highest BCUT2D eigenvalue weighted by Gasteiger charge is 2.24. The van der Waals surface area contributed by atoms with Gasteiger partial charge in [-0.3, -0.25) is 0 Å². The largest absolute Gasteiger partial charge is 0.459 e. The number of carbonyl (C=O) groups is 1. The second kappa shape index (κ2) is 3.81. The molecule has 0 aliphatic heterocycles. The first-order valence-corrected chi connectivity index (χ1v) is 4.25. The molecule has 0 aromatic rings. The number of hydrogen-bond acceptors (Lipinski definition) is 3. The summed E-state index contributed by atoms with van der Waals surface area (Å²) in [5, 5.41) is 0.401. The molecule has 2 unspecified atom stereocenters. The van der Waals surface area contributed by atoms with E-state index in [4.69, 9.17) is 4.74 Å². The van der Waals surface area contributed by atoms with Crippen molar-refractivity contribution in [3.63, 3.8) is 0 Å². The SMILES string of the molecule is C=CC(=O)OC1CCC(S)C1. The van der Waals surface area contributed by atoms with Crippen molar-refractivity contribution in [2.45, 2.75) is 30.6 Å². The van der Waals surface area contributed by atoms with Gasteiger partial charge in [0.05, 0.1) is 0 Å². The summed E-state index contributed by atoms with van der Waals surface area (Å²) >= 11 is 4.29. The van der Waals surface area contributed by atoms with Gasteiger partial charge in [-0.15, -0.1) is 0 Å². The lowest BCUT2D eigenvalue weighted by molar-refractivity contribution is -0.142. The fraction of sp³-hybridized carbons (Fsp3) is 0.625. The van der Waals surface area contributed by atoms with Crippen molar-refractivity contribution in [1.29, 1.82) is 0 Å². The van der Waals surface area contributed by atoms with Crippen molar-refractivity contribution in [3.05, 3.63) is 12.7 Å². The Kier molecular flexibility index (Phi) is 3.00. The molecular weight excluding hydrogens is 160 g/mol. The zero-order chi connectivity index (χ0) is 8.27. The molecule has 0 bridgehead atoms.